The predicted molar refractivity (Wildman–Crippen MR) is 97.1 cm³/mol. The van der Waals surface area contributed by atoms with E-state index in [1.165, 1.54) is 6.20 Å². The molecule has 0 spiro atoms. The third kappa shape index (κ3) is 4.59. The highest BCUT2D eigenvalue weighted by Gasteiger charge is 2.26. The fourth-order valence-electron chi connectivity index (χ4n) is 2.99. The second-order valence-electron chi connectivity index (χ2n) is 6.52. The van der Waals surface area contributed by atoms with Gasteiger partial charge in [0.05, 0.1) is 10.5 Å². The number of rotatable bonds is 5. The standard InChI is InChI=1S/C19H21N3O3S/c1-14-2-9-18(10-3-14)26(23,24)22-16-5-7-17(8-6-16)25-19-11-4-15(12-20)13-21-19/h2-4,9-11,13,16-17,22H,5-8H2,1H3. The van der Waals surface area contributed by atoms with E-state index >= 15 is 0 Å². The lowest BCUT2D eigenvalue weighted by Crippen LogP contribution is -2.39. The van der Waals surface area contributed by atoms with Crippen LogP contribution in [0.2, 0.25) is 0 Å². The predicted octanol–water partition coefficient (Wildman–Crippen LogP) is 2.93. The van der Waals surface area contributed by atoms with Crippen LogP contribution in [0.15, 0.2) is 47.5 Å². The minimum absolute atomic E-state index is 0.00978. The molecule has 0 unspecified atom stereocenters. The minimum Gasteiger partial charge on any atom is -0.474 e. The van der Waals surface area contributed by atoms with Crippen molar-refractivity contribution in [3.63, 3.8) is 0 Å². The van der Waals surface area contributed by atoms with Gasteiger partial charge < -0.3 is 4.74 Å². The van der Waals surface area contributed by atoms with Crippen molar-refractivity contribution < 1.29 is 13.2 Å². The van der Waals surface area contributed by atoms with Crippen LogP contribution in [0.4, 0.5) is 0 Å². The van der Waals surface area contributed by atoms with Crippen LogP contribution in [-0.4, -0.2) is 25.5 Å². The Balaban J connectivity index is 1.53. The number of sulfonamides is 1. The Morgan fingerprint density at radius 2 is 1.81 bits per heavy atom. The van der Waals surface area contributed by atoms with Gasteiger partial charge in [-0.3, -0.25) is 0 Å². The molecule has 0 amide bonds. The van der Waals surface area contributed by atoms with Gasteiger partial charge in [-0.2, -0.15) is 5.26 Å². The Kier molecular flexibility index (Phi) is 5.55. The van der Waals surface area contributed by atoms with E-state index in [0.717, 1.165) is 18.4 Å². The summed E-state index contributed by atoms with van der Waals surface area (Å²) in [5.41, 5.74) is 1.52. The Morgan fingerprint density at radius 3 is 2.38 bits per heavy atom. The summed E-state index contributed by atoms with van der Waals surface area (Å²) in [6, 6.07) is 12.1. The van der Waals surface area contributed by atoms with E-state index in [-0.39, 0.29) is 12.1 Å². The van der Waals surface area contributed by atoms with Gasteiger partial charge in [0.1, 0.15) is 12.2 Å². The molecular formula is C19H21N3O3S. The van der Waals surface area contributed by atoms with E-state index in [1.807, 2.05) is 13.0 Å². The monoisotopic (exact) mass is 371 g/mol. The molecule has 6 nitrogen and oxygen atoms in total. The third-order valence-corrected chi connectivity index (χ3v) is 6.02. The molecule has 3 rings (SSSR count). The van der Waals surface area contributed by atoms with Gasteiger partial charge in [-0.05, 0) is 50.8 Å². The summed E-state index contributed by atoms with van der Waals surface area (Å²) in [5.74, 6) is 0.493. The van der Waals surface area contributed by atoms with Gasteiger partial charge >= 0.3 is 0 Å². The van der Waals surface area contributed by atoms with Crippen LogP contribution in [0.25, 0.3) is 0 Å². The zero-order valence-electron chi connectivity index (χ0n) is 14.6. The lowest BCUT2D eigenvalue weighted by molar-refractivity contribution is 0.138. The van der Waals surface area contributed by atoms with E-state index in [4.69, 9.17) is 10.00 Å². The lowest BCUT2D eigenvalue weighted by atomic mass is 9.94. The van der Waals surface area contributed by atoms with Gasteiger partial charge in [0.25, 0.3) is 0 Å². The highest BCUT2D eigenvalue weighted by Crippen LogP contribution is 2.24. The van der Waals surface area contributed by atoms with Gasteiger partial charge in [0.15, 0.2) is 0 Å². The molecule has 1 N–H and O–H groups in total. The summed E-state index contributed by atoms with van der Waals surface area (Å²) in [7, 11) is -3.49. The molecular weight excluding hydrogens is 350 g/mol. The van der Waals surface area contributed by atoms with Crippen molar-refractivity contribution in [2.75, 3.05) is 0 Å². The number of aryl methyl sites for hydroxylation is 1. The quantitative estimate of drug-likeness (QED) is 0.872. The van der Waals surface area contributed by atoms with Crippen molar-refractivity contribution in [1.29, 1.82) is 5.26 Å². The van der Waals surface area contributed by atoms with Crippen LogP contribution in [0.1, 0.15) is 36.8 Å². The summed E-state index contributed by atoms with van der Waals surface area (Å²) in [5, 5.41) is 8.78. The fourth-order valence-corrected chi connectivity index (χ4v) is 4.30. The average Bonchev–Trinajstić information content (AvgIpc) is 2.64. The number of nitrogens with one attached hydrogen (secondary N) is 1. The summed E-state index contributed by atoms with van der Waals surface area (Å²) in [6.45, 7) is 1.92. The molecule has 0 atom stereocenters. The number of hydrogen-bond donors (Lipinski definition) is 1. The SMILES string of the molecule is Cc1ccc(S(=O)(=O)NC2CCC(Oc3ccc(C#N)cn3)CC2)cc1. The van der Waals surface area contributed by atoms with Crippen LogP contribution in [0, 0.1) is 18.3 Å². The zero-order valence-corrected chi connectivity index (χ0v) is 15.4. The normalized spacial score (nSPS) is 20.3. The third-order valence-electron chi connectivity index (χ3n) is 4.48. The first kappa shape index (κ1) is 18.4. The second-order valence-corrected chi connectivity index (χ2v) is 8.24. The fraction of sp³-hybridized carbons (Fsp3) is 0.368. The lowest BCUT2D eigenvalue weighted by Gasteiger charge is -2.29. The largest absolute Gasteiger partial charge is 0.474 e. The molecule has 1 saturated carbocycles. The molecule has 0 radical (unpaired) electrons. The number of aromatic nitrogens is 1. The first-order valence-electron chi connectivity index (χ1n) is 8.58. The number of nitrogens with zero attached hydrogens (tertiary/aromatic N) is 2. The van der Waals surface area contributed by atoms with Gasteiger partial charge in [-0.15, -0.1) is 0 Å². The molecule has 1 aliphatic carbocycles. The number of ether oxygens (including phenoxy) is 1. The molecule has 2 aromatic rings. The van der Waals surface area contributed by atoms with Crippen LogP contribution in [-0.2, 0) is 10.0 Å². The summed E-state index contributed by atoms with van der Waals surface area (Å²) in [6.07, 6.45) is 4.43. The molecule has 7 heteroatoms. The molecule has 26 heavy (non-hydrogen) atoms. The van der Waals surface area contributed by atoms with Crippen LogP contribution >= 0.6 is 0 Å². The number of pyridine rings is 1. The second kappa shape index (κ2) is 7.85. The minimum atomic E-state index is -3.49. The maximum atomic E-state index is 12.5. The van der Waals surface area contributed by atoms with Crippen LogP contribution in [0.3, 0.4) is 0 Å². The van der Waals surface area contributed by atoms with E-state index in [2.05, 4.69) is 9.71 Å². The van der Waals surface area contributed by atoms with Gasteiger partial charge in [-0.1, -0.05) is 17.7 Å². The molecule has 1 aliphatic rings. The van der Waals surface area contributed by atoms with E-state index < -0.39 is 10.0 Å². The molecule has 1 aromatic heterocycles. The van der Waals surface area contributed by atoms with Crippen molar-refractivity contribution >= 4 is 10.0 Å². The Bertz CT molecular complexity index is 879. The molecule has 1 fully saturated rings. The van der Waals surface area contributed by atoms with E-state index in [1.54, 1.807) is 36.4 Å². The Hall–Kier alpha value is -2.43. The highest BCUT2D eigenvalue weighted by molar-refractivity contribution is 7.89. The Labute approximate surface area is 153 Å². The first-order valence-corrected chi connectivity index (χ1v) is 10.1. The number of hydrogen-bond acceptors (Lipinski definition) is 5. The summed E-state index contributed by atoms with van der Waals surface area (Å²) >= 11 is 0. The van der Waals surface area contributed by atoms with E-state index in [0.29, 0.717) is 29.2 Å². The van der Waals surface area contributed by atoms with Crippen LogP contribution in [0.5, 0.6) is 5.88 Å². The van der Waals surface area contributed by atoms with Crippen molar-refractivity contribution in [3.8, 4) is 11.9 Å². The number of benzene rings is 1. The topological polar surface area (TPSA) is 92.1 Å². The molecule has 136 valence electrons. The maximum Gasteiger partial charge on any atom is 0.240 e. The highest BCUT2D eigenvalue weighted by atomic mass is 32.2. The van der Waals surface area contributed by atoms with Gasteiger partial charge in [0, 0.05) is 18.3 Å². The summed E-state index contributed by atoms with van der Waals surface area (Å²) < 4.78 is 33.6. The smallest absolute Gasteiger partial charge is 0.240 e. The van der Waals surface area contributed by atoms with Gasteiger partial charge in [-0.25, -0.2) is 18.1 Å². The van der Waals surface area contributed by atoms with E-state index in [9.17, 15) is 8.42 Å². The maximum absolute atomic E-state index is 12.5. The van der Waals surface area contributed by atoms with Crippen molar-refractivity contribution in [2.45, 2.75) is 49.6 Å². The Morgan fingerprint density at radius 1 is 1.12 bits per heavy atom. The molecule has 0 aliphatic heterocycles. The van der Waals surface area contributed by atoms with Crippen molar-refractivity contribution in [1.82, 2.24) is 9.71 Å². The molecule has 0 bridgehead atoms. The zero-order chi connectivity index (χ0) is 18.6. The van der Waals surface area contributed by atoms with Crippen LogP contribution < -0.4 is 9.46 Å². The van der Waals surface area contributed by atoms with Crippen molar-refractivity contribution in [3.05, 3.63) is 53.7 Å². The van der Waals surface area contributed by atoms with Gasteiger partial charge in [0.2, 0.25) is 15.9 Å². The first-order chi connectivity index (χ1) is 12.5. The molecule has 1 aromatic carbocycles. The molecule has 0 saturated heterocycles. The summed E-state index contributed by atoms with van der Waals surface area (Å²) in [4.78, 5) is 4.41. The molecule has 1 heterocycles. The average molecular weight is 371 g/mol. The number of nitriles is 1. The van der Waals surface area contributed by atoms with Crippen molar-refractivity contribution in [2.24, 2.45) is 0 Å².